The molecule has 0 radical (unpaired) electrons. The molecular formula is C13H17N3S. The Bertz CT molecular complexity index is 513. The molecule has 0 aromatic carbocycles. The van der Waals surface area contributed by atoms with Crippen molar-refractivity contribution in [2.75, 3.05) is 0 Å². The Balaban J connectivity index is 1.99. The second kappa shape index (κ2) is 4.27. The van der Waals surface area contributed by atoms with Gasteiger partial charge in [-0.25, -0.2) is 0 Å². The first-order chi connectivity index (χ1) is 8.25. The van der Waals surface area contributed by atoms with Crippen LogP contribution in [0.2, 0.25) is 0 Å². The van der Waals surface area contributed by atoms with Gasteiger partial charge in [-0.15, -0.1) is 11.3 Å². The summed E-state index contributed by atoms with van der Waals surface area (Å²) in [7, 11) is 0. The lowest BCUT2D eigenvalue weighted by Gasteiger charge is -2.21. The molecule has 17 heavy (non-hydrogen) atoms. The van der Waals surface area contributed by atoms with Gasteiger partial charge in [0.25, 0.3) is 0 Å². The van der Waals surface area contributed by atoms with Crippen LogP contribution in [0.4, 0.5) is 0 Å². The van der Waals surface area contributed by atoms with Crippen molar-refractivity contribution < 1.29 is 0 Å². The number of rotatable bonds is 2. The van der Waals surface area contributed by atoms with E-state index >= 15 is 0 Å². The fraction of sp³-hybridized carbons (Fsp3) is 0.462. The number of hydrogen-bond donors (Lipinski definition) is 1. The van der Waals surface area contributed by atoms with Crippen molar-refractivity contribution in [1.29, 1.82) is 0 Å². The SMILES string of the molecule is Cc1cc2c(n1Cc1cncs1)CCCC2N. The number of nitrogens with two attached hydrogens (primary N) is 1. The average Bonchev–Trinajstić information content (AvgIpc) is 2.91. The number of thiazole rings is 1. The van der Waals surface area contributed by atoms with E-state index in [1.165, 1.54) is 28.2 Å². The Morgan fingerprint density at radius 2 is 2.47 bits per heavy atom. The maximum Gasteiger partial charge on any atom is 0.0794 e. The van der Waals surface area contributed by atoms with Gasteiger partial charge in [-0.1, -0.05) is 0 Å². The lowest BCUT2D eigenvalue weighted by Crippen LogP contribution is -2.18. The highest BCUT2D eigenvalue weighted by Crippen LogP contribution is 2.31. The van der Waals surface area contributed by atoms with E-state index < -0.39 is 0 Å². The van der Waals surface area contributed by atoms with Gasteiger partial charge in [-0.2, -0.15) is 0 Å². The summed E-state index contributed by atoms with van der Waals surface area (Å²) in [5.41, 5.74) is 12.2. The fourth-order valence-electron chi connectivity index (χ4n) is 2.70. The predicted molar refractivity (Wildman–Crippen MR) is 70.3 cm³/mol. The molecule has 90 valence electrons. The summed E-state index contributed by atoms with van der Waals surface area (Å²) in [5.74, 6) is 0. The molecule has 0 saturated heterocycles. The van der Waals surface area contributed by atoms with Gasteiger partial charge >= 0.3 is 0 Å². The lowest BCUT2D eigenvalue weighted by atomic mass is 9.93. The second-order valence-electron chi connectivity index (χ2n) is 4.74. The first-order valence-corrected chi connectivity index (χ1v) is 6.95. The van der Waals surface area contributed by atoms with E-state index in [0.717, 1.165) is 19.4 Å². The minimum absolute atomic E-state index is 0.236. The van der Waals surface area contributed by atoms with Gasteiger partial charge in [0.2, 0.25) is 0 Å². The first kappa shape index (κ1) is 11.0. The largest absolute Gasteiger partial charge is 0.343 e. The molecule has 0 aliphatic heterocycles. The van der Waals surface area contributed by atoms with Crippen LogP contribution in [-0.4, -0.2) is 9.55 Å². The minimum Gasteiger partial charge on any atom is -0.343 e. The van der Waals surface area contributed by atoms with Crippen molar-refractivity contribution in [1.82, 2.24) is 9.55 Å². The molecule has 4 heteroatoms. The zero-order valence-corrected chi connectivity index (χ0v) is 10.8. The molecule has 1 atom stereocenters. The van der Waals surface area contributed by atoms with Gasteiger partial charge in [0, 0.05) is 28.5 Å². The zero-order valence-electron chi connectivity index (χ0n) is 10.0. The molecule has 0 saturated carbocycles. The van der Waals surface area contributed by atoms with Gasteiger partial charge in [0.15, 0.2) is 0 Å². The van der Waals surface area contributed by atoms with E-state index in [9.17, 15) is 0 Å². The fourth-order valence-corrected chi connectivity index (χ4v) is 3.28. The van der Waals surface area contributed by atoms with E-state index in [0.29, 0.717) is 0 Å². The standard InChI is InChI=1S/C13H17N3S/c1-9-5-11-12(14)3-2-4-13(11)16(9)7-10-6-15-8-17-10/h5-6,8,12H,2-4,7,14H2,1H3. The third-order valence-corrected chi connectivity index (χ3v) is 4.34. The number of fused-ring (bicyclic) bond motifs is 1. The molecule has 0 amide bonds. The van der Waals surface area contributed by atoms with Gasteiger partial charge in [0.1, 0.15) is 0 Å². The summed E-state index contributed by atoms with van der Waals surface area (Å²) in [6.07, 6.45) is 5.45. The Hall–Kier alpha value is -1.13. The van der Waals surface area contributed by atoms with Crippen LogP contribution in [0.3, 0.4) is 0 Å². The van der Waals surface area contributed by atoms with E-state index in [-0.39, 0.29) is 6.04 Å². The Labute approximate surface area is 105 Å². The lowest BCUT2D eigenvalue weighted by molar-refractivity contribution is 0.547. The number of hydrogen-bond acceptors (Lipinski definition) is 3. The van der Waals surface area contributed by atoms with E-state index in [1.54, 1.807) is 11.3 Å². The van der Waals surface area contributed by atoms with Gasteiger partial charge in [0.05, 0.1) is 12.1 Å². The quantitative estimate of drug-likeness (QED) is 0.886. The molecule has 0 fully saturated rings. The van der Waals surface area contributed by atoms with Crippen molar-refractivity contribution in [3.8, 4) is 0 Å². The molecule has 2 heterocycles. The maximum atomic E-state index is 6.18. The van der Waals surface area contributed by atoms with Crippen LogP contribution in [0.25, 0.3) is 0 Å². The Kier molecular flexibility index (Phi) is 2.76. The normalized spacial score (nSPS) is 19.3. The smallest absolute Gasteiger partial charge is 0.0794 e. The average molecular weight is 247 g/mol. The summed E-state index contributed by atoms with van der Waals surface area (Å²) < 4.78 is 2.40. The Morgan fingerprint density at radius 3 is 3.24 bits per heavy atom. The monoisotopic (exact) mass is 247 g/mol. The topological polar surface area (TPSA) is 43.8 Å². The van der Waals surface area contributed by atoms with Crippen LogP contribution >= 0.6 is 11.3 Å². The van der Waals surface area contributed by atoms with E-state index in [4.69, 9.17) is 5.73 Å². The second-order valence-corrected chi connectivity index (χ2v) is 5.71. The molecule has 3 nitrogen and oxygen atoms in total. The minimum atomic E-state index is 0.236. The highest BCUT2D eigenvalue weighted by Gasteiger charge is 2.22. The zero-order chi connectivity index (χ0) is 11.8. The van der Waals surface area contributed by atoms with Crippen molar-refractivity contribution in [3.63, 3.8) is 0 Å². The Morgan fingerprint density at radius 1 is 1.59 bits per heavy atom. The van der Waals surface area contributed by atoms with Crippen LogP contribution in [0, 0.1) is 6.92 Å². The number of aromatic nitrogens is 2. The van der Waals surface area contributed by atoms with Gasteiger partial charge < -0.3 is 10.3 Å². The third kappa shape index (κ3) is 1.91. The van der Waals surface area contributed by atoms with Crippen molar-refractivity contribution in [3.05, 3.63) is 39.6 Å². The van der Waals surface area contributed by atoms with Crippen molar-refractivity contribution in [2.45, 2.75) is 38.8 Å². The van der Waals surface area contributed by atoms with E-state index in [2.05, 4.69) is 22.5 Å². The third-order valence-electron chi connectivity index (χ3n) is 3.57. The molecule has 3 rings (SSSR count). The van der Waals surface area contributed by atoms with E-state index in [1.807, 2.05) is 11.7 Å². The highest BCUT2D eigenvalue weighted by molar-refractivity contribution is 7.09. The van der Waals surface area contributed by atoms with Gasteiger partial charge in [-0.05, 0) is 37.8 Å². The van der Waals surface area contributed by atoms with Crippen LogP contribution in [0.5, 0.6) is 0 Å². The van der Waals surface area contributed by atoms with Crippen LogP contribution in [-0.2, 0) is 13.0 Å². The summed E-state index contributed by atoms with van der Waals surface area (Å²) >= 11 is 1.72. The van der Waals surface area contributed by atoms with Crippen LogP contribution < -0.4 is 5.73 Å². The van der Waals surface area contributed by atoms with Gasteiger partial charge in [-0.3, -0.25) is 4.98 Å². The molecule has 0 spiro atoms. The van der Waals surface area contributed by atoms with Crippen molar-refractivity contribution >= 4 is 11.3 Å². The van der Waals surface area contributed by atoms with Crippen LogP contribution in [0.1, 0.15) is 40.7 Å². The highest BCUT2D eigenvalue weighted by atomic mass is 32.1. The maximum absolute atomic E-state index is 6.18. The number of nitrogens with zero attached hydrogens (tertiary/aromatic N) is 2. The number of aryl methyl sites for hydroxylation is 1. The molecule has 2 aromatic heterocycles. The molecule has 1 aliphatic carbocycles. The summed E-state index contributed by atoms with van der Waals surface area (Å²) in [5, 5.41) is 0. The molecule has 0 bridgehead atoms. The first-order valence-electron chi connectivity index (χ1n) is 6.07. The molecule has 1 unspecified atom stereocenters. The predicted octanol–water partition coefficient (Wildman–Crippen LogP) is 2.64. The van der Waals surface area contributed by atoms with Crippen LogP contribution in [0.15, 0.2) is 17.8 Å². The molecule has 2 aromatic rings. The molecular weight excluding hydrogens is 230 g/mol. The summed E-state index contributed by atoms with van der Waals surface area (Å²) in [6.45, 7) is 3.12. The van der Waals surface area contributed by atoms with Crippen molar-refractivity contribution in [2.24, 2.45) is 5.73 Å². The summed E-state index contributed by atoms with van der Waals surface area (Å²) in [6, 6.07) is 2.50. The molecule has 1 aliphatic rings. The summed E-state index contributed by atoms with van der Waals surface area (Å²) in [4.78, 5) is 5.45. The molecule has 2 N–H and O–H groups in total.